The smallest absolute Gasteiger partial charge is 0.270 e. The van der Waals surface area contributed by atoms with E-state index in [9.17, 15) is 15.2 Å². The van der Waals surface area contributed by atoms with Crippen molar-refractivity contribution < 1.29 is 10.0 Å². The largest absolute Gasteiger partial charge is 0.395 e. The summed E-state index contributed by atoms with van der Waals surface area (Å²) in [7, 11) is 0. The molecule has 1 heterocycles. The van der Waals surface area contributed by atoms with Crippen molar-refractivity contribution in [3.63, 3.8) is 0 Å². The molecule has 0 fully saturated rings. The Morgan fingerprint density at radius 1 is 1.10 bits per heavy atom. The van der Waals surface area contributed by atoms with Gasteiger partial charge in [-0.3, -0.25) is 10.1 Å². The fourth-order valence-corrected chi connectivity index (χ4v) is 2.56. The molecule has 0 aliphatic heterocycles. The summed E-state index contributed by atoms with van der Waals surface area (Å²) in [6, 6.07) is 16.5. The van der Waals surface area contributed by atoms with Gasteiger partial charge < -0.3 is 9.67 Å². The summed E-state index contributed by atoms with van der Waals surface area (Å²) in [5.74, 6) is 0. The number of aliphatic hydroxyl groups excluding tert-OH is 1. The van der Waals surface area contributed by atoms with Crippen LogP contribution < -0.4 is 0 Å². The number of nitro groups is 1. The molecule has 3 aromatic rings. The molecule has 0 saturated carbocycles. The Hall–Kier alpha value is -2.66. The topological polar surface area (TPSA) is 68.3 Å². The van der Waals surface area contributed by atoms with Crippen LogP contribution >= 0.6 is 0 Å². The highest BCUT2D eigenvalue weighted by molar-refractivity contribution is 5.88. The van der Waals surface area contributed by atoms with Gasteiger partial charge in [0.1, 0.15) is 0 Å². The Kier molecular flexibility index (Phi) is 3.41. The summed E-state index contributed by atoms with van der Waals surface area (Å²) < 4.78 is 1.98. The second-order valence-electron chi connectivity index (χ2n) is 4.77. The van der Waals surface area contributed by atoms with Gasteiger partial charge in [-0.1, -0.05) is 30.3 Å². The van der Waals surface area contributed by atoms with Gasteiger partial charge in [-0.15, -0.1) is 0 Å². The predicted octanol–water partition coefficient (Wildman–Crippen LogP) is 3.21. The molecule has 3 rings (SSSR count). The fraction of sp³-hybridized carbons (Fsp3) is 0.125. The molecule has 0 amide bonds. The summed E-state index contributed by atoms with van der Waals surface area (Å²) in [6.45, 7) is 0.464. The molecule has 0 aliphatic carbocycles. The molecule has 0 atom stereocenters. The number of hydrogen-bond acceptors (Lipinski definition) is 3. The molecule has 1 aromatic heterocycles. The van der Waals surface area contributed by atoms with Crippen molar-refractivity contribution in [2.45, 2.75) is 6.54 Å². The van der Waals surface area contributed by atoms with E-state index in [1.54, 1.807) is 12.1 Å². The molecule has 0 bridgehead atoms. The van der Waals surface area contributed by atoms with Gasteiger partial charge in [-0.2, -0.15) is 0 Å². The fourth-order valence-electron chi connectivity index (χ4n) is 2.56. The first-order chi connectivity index (χ1) is 10.2. The Morgan fingerprint density at radius 2 is 1.86 bits per heavy atom. The highest BCUT2D eigenvalue weighted by Gasteiger charge is 2.13. The van der Waals surface area contributed by atoms with Crippen LogP contribution in [0.25, 0.3) is 22.2 Å². The van der Waals surface area contributed by atoms with E-state index in [0.29, 0.717) is 6.54 Å². The van der Waals surface area contributed by atoms with Crippen LogP contribution in [0.4, 0.5) is 5.69 Å². The minimum absolute atomic E-state index is 0.0145. The molecule has 2 aromatic carbocycles. The van der Waals surface area contributed by atoms with Crippen molar-refractivity contribution >= 4 is 16.6 Å². The Labute approximate surface area is 121 Å². The van der Waals surface area contributed by atoms with E-state index in [1.165, 1.54) is 6.07 Å². The molecule has 0 spiro atoms. The van der Waals surface area contributed by atoms with Gasteiger partial charge in [0.2, 0.25) is 0 Å². The number of non-ortho nitro benzene ring substituents is 1. The summed E-state index contributed by atoms with van der Waals surface area (Å²) in [4.78, 5) is 10.5. The number of nitro benzene ring substituents is 1. The van der Waals surface area contributed by atoms with Crippen molar-refractivity contribution in [3.8, 4) is 11.3 Å². The third kappa shape index (κ3) is 2.39. The second-order valence-corrected chi connectivity index (χ2v) is 4.77. The van der Waals surface area contributed by atoms with E-state index in [-0.39, 0.29) is 12.3 Å². The van der Waals surface area contributed by atoms with Gasteiger partial charge in [0.15, 0.2) is 0 Å². The Morgan fingerprint density at radius 3 is 2.52 bits per heavy atom. The van der Waals surface area contributed by atoms with E-state index in [4.69, 9.17) is 0 Å². The molecule has 0 saturated heterocycles. The lowest BCUT2D eigenvalue weighted by atomic mass is 10.1. The molecule has 106 valence electrons. The first-order valence-corrected chi connectivity index (χ1v) is 6.64. The summed E-state index contributed by atoms with van der Waals surface area (Å²) in [6.07, 6.45) is 0. The van der Waals surface area contributed by atoms with Crippen molar-refractivity contribution in [2.24, 2.45) is 0 Å². The van der Waals surface area contributed by atoms with Crippen molar-refractivity contribution in [1.29, 1.82) is 0 Å². The Bertz CT molecular complexity index is 794. The molecule has 0 aliphatic rings. The number of hydrogen-bond donors (Lipinski definition) is 1. The first-order valence-electron chi connectivity index (χ1n) is 6.64. The van der Waals surface area contributed by atoms with E-state index in [0.717, 1.165) is 22.2 Å². The maximum Gasteiger partial charge on any atom is 0.270 e. The third-order valence-electron chi connectivity index (χ3n) is 3.49. The molecule has 1 N–H and O–H groups in total. The minimum atomic E-state index is -0.398. The van der Waals surface area contributed by atoms with Crippen molar-refractivity contribution in [1.82, 2.24) is 4.57 Å². The molecule has 0 unspecified atom stereocenters. The number of rotatable bonds is 4. The summed E-state index contributed by atoms with van der Waals surface area (Å²) >= 11 is 0. The maximum atomic E-state index is 10.9. The zero-order chi connectivity index (χ0) is 14.8. The number of fused-ring (bicyclic) bond motifs is 1. The highest BCUT2D eigenvalue weighted by atomic mass is 16.6. The van der Waals surface area contributed by atoms with Crippen LogP contribution in [-0.4, -0.2) is 21.2 Å². The summed E-state index contributed by atoms with van der Waals surface area (Å²) in [5, 5.41) is 21.0. The molecule has 0 radical (unpaired) electrons. The number of aliphatic hydroxyl groups is 1. The van der Waals surface area contributed by atoms with E-state index in [2.05, 4.69) is 0 Å². The minimum Gasteiger partial charge on any atom is -0.395 e. The van der Waals surface area contributed by atoms with Gasteiger partial charge in [0.25, 0.3) is 5.69 Å². The predicted molar refractivity (Wildman–Crippen MR) is 81.1 cm³/mol. The molecule has 5 heteroatoms. The zero-order valence-corrected chi connectivity index (χ0v) is 11.3. The Balaban J connectivity index is 2.23. The average molecular weight is 282 g/mol. The molecule has 5 nitrogen and oxygen atoms in total. The van der Waals surface area contributed by atoms with Gasteiger partial charge in [-0.05, 0) is 17.7 Å². The number of benzene rings is 2. The third-order valence-corrected chi connectivity index (χ3v) is 3.49. The van der Waals surface area contributed by atoms with Crippen LogP contribution in [0.15, 0.2) is 54.6 Å². The number of nitrogens with zero attached hydrogens (tertiary/aromatic N) is 2. The lowest BCUT2D eigenvalue weighted by Crippen LogP contribution is -2.03. The van der Waals surface area contributed by atoms with E-state index >= 15 is 0 Å². The first kappa shape index (κ1) is 13.3. The quantitative estimate of drug-likeness (QED) is 0.590. The van der Waals surface area contributed by atoms with Crippen LogP contribution in [0.2, 0.25) is 0 Å². The van der Waals surface area contributed by atoms with Gasteiger partial charge >= 0.3 is 0 Å². The lowest BCUT2D eigenvalue weighted by Gasteiger charge is -2.09. The van der Waals surface area contributed by atoms with Gasteiger partial charge in [0.05, 0.1) is 11.5 Å². The van der Waals surface area contributed by atoms with Gasteiger partial charge in [-0.25, -0.2) is 0 Å². The van der Waals surface area contributed by atoms with Crippen LogP contribution in [0.1, 0.15) is 0 Å². The van der Waals surface area contributed by atoms with Crippen LogP contribution in [0, 0.1) is 10.1 Å². The van der Waals surface area contributed by atoms with E-state index in [1.807, 2.05) is 41.0 Å². The van der Waals surface area contributed by atoms with Crippen LogP contribution in [0.3, 0.4) is 0 Å². The van der Waals surface area contributed by atoms with Crippen molar-refractivity contribution in [2.75, 3.05) is 6.61 Å². The molecule has 21 heavy (non-hydrogen) atoms. The lowest BCUT2D eigenvalue weighted by molar-refractivity contribution is -0.384. The highest BCUT2D eigenvalue weighted by Crippen LogP contribution is 2.30. The average Bonchev–Trinajstić information content (AvgIpc) is 2.86. The van der Waals surface area contributed by atoms with Crippen LogP contribution in [-0.2, 0) is 6.54 Å². The maximum absolute atomic E-state index is 10.9. The van der Waals surface area contributed by atoms with Crippen LogP contribution in [0.5, 0.6) is 0 Å². The number of aromatic nitrogens is 1. The standard InChI is InChI=1S/C16H14N2O3/c19-9-8-17-15-7-6-14(18(20)21)10-13(15)11-16(17)12-4-2-1-3-5-12/h1-7,10-11,19H,8-9H2. The van der Waals surface area contributed by atoms with Gasteiger partial charge in [0, 0.05) is 35.3 Å². The molecular formula is C16H14N2O3. The zero-order valence-electron chi connectivity index (χ0n) is 11.3. The SMILES string of the molecule is O=[N+]([O-])c1ccc2c(c1)cc(-c1ccccc1)n2CCO. The van der Waals surface area contributed by atoms with Crippen molar-refractivity contribution in [3.05, 3.63) is 64.7 Å². The monoisotopic (exact) mass is 282 g/mol. The molecular weight excluding hydrogens is 268 g/mol. The second kappa shape index (κ2) is 5.38. The summed E-state index contributed by atoms with van der Waals surface area (Å²) in [5.41, 5.74) is 2.92. The normalized spacial score (nSPS) is 10.9. The van der Waals surface area contributed by atoms with E-state index < -0.39 is 4.92 Å².